The van der Waals surface area contributed by atoms with Gasteiger partial charge in [-0.25, -0.2) is 0 Å². The lowest BCUT2D eigenvalue weighted by molar-refractivity contribution is -0.144. The number of aliphatic carboxylic acids is 1. The Morgan fingerprint density at radius 1 is 1.23 bits per heavy atom. The number of benzene rings is 1. The van der Waals surface area contributed by atoms with Crippen molar-refractivity contribution in [1.82, 2.24) is 15.0 Å². The highest BCUT2D eigenvalue weighted by molar-refractivity contribution is 5.76. The second kappa shape index (κ2) is 8.29. The Hall–Kier alpha value is -2.44. The van der Waals surface area contributed by atoms with E-state index in [0.717, 1.165) is 19.6 Å². The molecule has 6 heteroatoms. The molecule has 3 rings (SSSR count). The van der Waals surface area contributed by atoms with Crippen LogP contribution in [0.15, 0.2) is 40.9 Å². The number of nitrogens with zero attached hydrogens (tertiary/aromatic N) is 3. The highest BCUT2D eigenvalue weighted by atomic mass is 16.5. The van der Waals surface area contributed by atoms with Crippen molar-refractivity contribution < 1.29 is 14.4 Å². The molecule has 1 N–H and O–H groups in total. The van der Waals surface area contributed by atoms with Gasteiger partial charge in [0, 0.05) is 38.3 Å². The Morgan fingerprint density at radius 3 is 2.50 bits per heavy atom. The van der Waals surface area contributed by atoms with E-state index in [-0.39, 0.29) is 0 Å². The Kier molecular flexibility index (Phi) is 5.85. The SMILES string of the molecule is Cc1noc(C)c1[C@H](C(=O)O)N1CCN(C/C=C/c2ccccc2)CC1. The lowest BCUT2D eigenvalue weighted by atomic mass is 10.0. The Bertz CT molecular complexity index is 742. The van der Waals surface area contributed by atoms with Crippen LogP contribution in [0, 0.1) is 13.8 Å². The van der Waals surface area contributed by atoms with Crippen molar-refractivity contribution in [3.63, 3.8) is 0 Å². The van der Waals surface area contributed by atoms with E-state index in [9.17, 15) is 9.90 Å². The number of aromatic nitrogens is 1. The van der Waals surface area contributed by atoms with Crippen LogP contribution in [0.1, 0.15) is 28.6 Å². The van der Waals surface area contributed by atoms with Crippen LogP contribution in [0.3, 0.4) is 0 Å². The molecule has 1 saturated heterocycles. The minimum Gasteiger partial charge on any atom is -0.480 e. The molecule has 26 heavy (non-hydrogen) atoms. The van der Waals surface area contributed by atoms with Gasteiger partial charge in [0.25, 0.3) is 0 Å². The molecule has 0 spiro atoms. The number of hydrogen-bond acceptors (Lipinski definition) is 5. The van der Waals surface area contributed by atoms with Crippen molar-refractivity contribution in [3.05, 3.63) is 59.0 Å². The molecular formula is C20H25N3O3. The fourth-order valence-corrected chi connectivity index (χ4v) is 3.45. The number of hydrogen-bond donors (Lipinski definition) is 1. The van der Waals surface area contributed by atoms with Gasteiger partial charge in [0.15, 0.2) is 0 Å². The minimum absolute atomic E-state index is 0.586. The standard InChI is InChI=1S/C20H25N3O3/c1-15-18(16(2)26-21-15)19(20(24)25)23-13-11-22(12-14-23)10-6-9-17-7-4-3-5-8-17/h3-9,19H,10-14H2,1-2H3,(H,24,25)/b9-6+/t19-/m1/s1. The molecule has 1 aromatic heterocycles. The zero-order valence-corrected chi connectivity index (χ0v) is 15.3. The molecule has 1 aliphatic rings. The molecule has 2 aromatic rings. The van der Waals surface area contributed by atoms with Crippen LogP contribution in [0.2, 0.25) is 0 Å². The maximum Gasteiger partial charge on any atom is 0.325 e. The van der Waals surface area contributed by atoms with Crippen LogP contribution in [0.5, 0.6) is 0 Å². The zero-order valence-electron chi connectivity index (χ0n) is 15.3. The van der Waals surface area contributed by atoms with Gasteiger partial charge in [-0.15, -0.1) is 0 Å². The zero-order chi connectivity index (χ0) is 18.5. The summed E-state index contributed by atoms with van der Waals surface area (Å²) in [5, 5.41) is 13.7. The topological polar surface area (TPSA) is 69.8 Å². The summed E-state index contributed by atoms with van der Waals surface area (Å²) in [5.74, 6) is -0.264. The van der Waals surface area contributed by atoms with Crippen LogP contribution in [-0.2, 0) is 4.79 Å². The van der Waals surface area contributed by atoms with E-state index in [1.165, 1.54) is 5.56 Å². The predicted molar refractivity (Wildman–Crippen MR) is 99.8 cm³/mol. The maximum atomic E-state index is 11.9. The molecule has 0 aliphatic carbocycles. The van der Waals surface area contributed by atoms with Gasteiger partial charge in [-0.1, -0.05) is 47.6 Å². The largest absolute Gasteiger partial charge is 0.480 e. The smallest absolute Gasteiger partial charge is 0.325 e. The van der Waals surface area contributed by atoms with Crippen LogP contribution in [-0.4, -0.2) is 58.8 Å². The number of rotatable bonds is 6. The van der Waals surface area contributed by atoms with Gasteiger partial charge in [0.05, 0.1) is 5.69 Å². The van der Waals surface area contributed by atoms with Crippen LogP contribution in [0.25, 0.3) is 6.08 Å². The third kappa shape index (κ3) is 4.20. The van der Waals surface area contributed by atoms with Gasteiger partial charge in [0.1, 0.15) is 11.8 Å². The van der Waals surface area contributed by atoms with Gasteiger partial charge in [-0.3, -0.25) is 14.6 Å². The monoisotopic (exact) mass is 355 g/mol. The average molecular weight is 355 g/mol. The second-order valence-electron chi connectivity index (χ2n) is 6.63. The highest BCUT2D eigenvalue weighted by Gasteiger charge is 2.34. The summed E-state index contributed by atoms with van der Waals surface area (Å²) >= 11 is 0. The van der Waals surface area contributed by atoms with Crippen molar-refractivity contribution in [2.24, 2.45) is 0 Å². The summed E-state index contributed by atoms with van der Waals surface area (Å²) in [4.78, 5) is 16.2. The van der Waals surface area contributed by atoms with Crippen molar-refractivity contribution in [1.29, 1.82) is 0 Å². The molecule has 1 aromatic carbocycles. The fraction of sp³-hybridized carbons (Fsp3) is 0.400. The first-order valence-electron chi connectivity index (χ1n) is 8.90. The lowest BCUT2D eigenvalue weighted by Gasteiger charge is -2.37. The average Bonchev–Trinajstić information content (AvgIpc) is 2.96. The summed E-state index contributed by atoms with van der Waals surface area (Å²) in [7, 11) is 0. The lowest BCUT2D eigenvalue weighted by Crippen LogP contribution is -2.49. The van der Waals surface area contributed by atoms with E-state index in [0.29, 0.717) is 30.1 Å². The predicted octanol–water partition coefficient (Wildman–Crippen LogP) is 2.75. The van der Waals surface area contributed by atoms with Crippen molar-refractivity contribution in [2.45, 2.75) is 19.9 Å². The number of carboxylic acid groups (broad SMARTS) is 1. The molecule has 0 unspecified atom stereocenters. The van der Waals surface area contributed by atoms with E-state index < -0.39 is 12.0 Å². The Morgan fingerprint density at radius 2 is 1.92 bits per heavy atom. The molecule has 1 fully saturated rings. The molecule has 0 saturated carbocycles. The molecule has 138 valence electrons. The molecule has 1 aliphatic heterocycles. The fourth-order valence-electron chi connectivity index (χ4n) is 3.45. The first-order valence-corrected chi connectivity index (χ1v) is 8.90. The summed E-state index contributed by atoms with van der Waals surface area (Å²) in [6.45, 7) is 7.53. The number of carboxylic acids is 1. The minimum atomic E-state index is -0.850. The second-order valence-corrected chi connectivity index (χ2v) is 6.63. The normalized spacial score (nSPS) is 17.6. The summed E-state index contributed by atoms with van der Waals surface area (Å²) in [6.07, 6.45) is 4.28. The molecule has 0 bridgehead atoms. The molecule has 0 radical (unpaired) electrons. The van der Waals surface area contributed by atoms with E-state index in [1.54, 1.807) is 13.8 Å². The van der Waals surface area contributed by atoms with Gasteiger partial charge < -0.3 is 9.63 Å². The number of aryl methyl sites for hydroxylation is 2. The van der Waals surface area contributed by atoms with Gasteiger partial charge >= 0.3 is 5.97 Å². The third-order valence-electron chi connectivity index (χ3n) is 4.84. The van der Waals surface area contributed by atoms with Gasteiger partial charge in [-0.2, -0.15) is 0 Å². The number of carbonyl (C=O) groups is 1. The van der Waals surface area contributed by atoms with Crippen molar-refractivity contribution in [3.8, 4) is 0 Å². The first kappa shape index (κ1) is 18.4. The molecule has 2 heterocycles. The van der Waals surface area contributed by atoms with E-state index in [1.807, 2.05) is 23.1 Å². The van der Waals surface area contributed by atoms with Gasteiger partial charge in [-0.05, 0) is 19.4 Å². The Labute approximate surface area is 153 Å². The van der Waals surface area contributed by atoms with Gasteiger partial charge in [0.2, 0.25) is 0 Å². The highest BCUT2D eigenvalue weighted by Crippen LogP contribution is 2.28. The summed E-state index contributed by atoms with van der Waals surface area (Å²) in [6, 6.07) is 9.53. The maximum absolute atomic E-state index is 11.9. The van der Waals surface area contributed by atoms with E-state index >= 15 is 0 Å². The van der Waals surface area contributed by atoms with Crippen LogP contribution < -0.4 is 0 Å². The molecule has 6 nitrogen and oxygen atoms in total. The van der Waals surface area contributed by atoms with Crippen LogP contribution >= 0.6 is 0 Å². The first-order chi connectivity index (χ1) is 12.6. The third-order valence-corrected chi connectivity index (χ3v) is 4.84. The van der Waals surface area contributed by atoms with E-state index in [4.69, 9.17) is 4.52 Å². The van der Waals surface area contributed by atoms with Crippen molar-refractivity contribution >= 4 is 12.0 Å². The van der Waals surface area contributed by atoms with Crippen molar-refractivity contribution in [2.75, 3.05) is 32.7 Å². The number of piperazine rings is 1. The summed E-state index contributed by atoms with van der Waals surface area (Å²) in [5.41, 5.74) is 2.54. The van der Waals surface area contributed by atoms with E-state index in [2.05, 4.69) is 34.3 Å². The Balaban J connectivity index is 1.58. The van der Waals surface area contributed by atoms with Crippen LogP contribution in [0.4, 0.5) is 0 Å². The molecule has 1 atom stereocenters. The molecular weight excluding hydrogens is 330 g/mol. The summed E-state index contributed by atoms with van der Waals surface area (Å²) < 4.78 is 5.17. The quantitative estimate of drug-likeness (QED) is 0.859. The molecule has 0 amide bonds.